The molecule has 0 amide bonds. The van der Waals surface area contributed by atoms with Crippen LogP contribution >= 0.6 is 0 Å². The summed E-state index contributed by atoms with van der Waals surface area (Å²) in [6, 6.07) is 6.46. The molecule has 0 bridgehead atoms. The first-order chi connectivity index (χ1) is 11.8. The molecule has 0 N–H and O–H groups in total. The number of hydrogen-bond acceptors (Lipinski definition) is 4. The quantitative estimate of drug-likeness (QED) is 0.778. The molecule has 3 aliphatic rings. The van der Waals surface area contributed by atoms with Gasteiger partial charge in [-0.1, -0.05) is 5.73 Å². The lowest BCUT2D eigenvalue weighted by atomic mass is 10.1. The Morgan fingerprint density at radius 2 is 1.83 bits per heavy atom. The molecule has 1 fully saturated rings. The third-order valence-electron chi connectivity index (χ3n) is 4.38. The summed E-state index contributed by atoms with van der Waals surface area (Å²) >= 11 is 0. The van der Waals surface area contributed by atoms with E-state index in [0.717, 1.165) is 36.6 Å². The molecule has 0 radical (unpaired) electrons. The summed E-state index contributed by atoms with van der Waals surface area (Å²) in [5, 5.41) is 6.41. The van der Waals surface area contributed by atoms with E-state index in [2.05, 4.69) is 20.7 Å². The normalized spacial score (nSPS) is 20.1. The van der Waals surface area contributed by atoms with Crippen molar-refractivity contribution in [3.05, 3.63) is 65.2 Å². The maximum Gasteiger partial charge on any atom is 0.200 e. The zero-order valence-electron chi connectivity index (χ0n) is 13.5. The summed E-state index contributed by atoms with van der Waals surface area (Å²) in [4.78, 5) is 7.04. The van der Waals surface area contributed by atoms with Gasteiger partial charge in [0.1, 0.15) is 11.6 Å². The van der Waals surface area contributed by atoms with Gasteiger partial charge in [-0.2, -0.15) is 10.1 Å². The second-order valence-electron chi connectivity index (χ2n) is 6.07. The minimum atomic E-state index is -0.241. The highest BCUT2D eigenvalue weighted by molar-refractivity contribution is 6.10. The van der Waals surface area contributed by atoms with Crippen LogP contribution in [0.5, 0.6) is 0 Å². The predicted octanol–water partition coefficient (Wildman–Crippen LogP) is 3.64. The first-order valence-corrected chi connectivity index (χ1v) is 8.40. The summed E-state index contributed by atoms with van der Waals surface area (Å²) in [7, 11) is 0. The van der Waals surface area contributed by atoms with Gasteiger partial charge in [-0.05, 0) is 49.6 Å². The summed E-state index contributed by atoms with van der Waals surface area (Å²) in [5.74, 6) is 1.47. The Morgan fingerprint density at radius 3 is 2.62 bits per heavy atom. The van der Waals surface area contributed by atoms with Crippen molar-refractivity contribution in [2.45, 2.75) is 25.7 Å². The monoisotopic (exact) mass is 322 g/mol. The fourth-order valence-corrected chi connectivity index (χ4v) is 3.14. The maximum absolute atomic E-state index is 13.2. The minimum absolute atomic E-state index is 0.241. The van der Waals surface area contributed by atoms with Crippen LogP contribution in [0.15, 0.2) is 63.9 Å². The molecule has 0 unspecified atom stereocenters. The molecule has 5 heteroatoms. The lowest BCUT2D eigenvalue weighted by molar-refractivity contribution is 0.211. The number of piperidine rings is 1. The van der Waals surface area contributed by atoms with E-state index in [9.17, 15) is 4.39 Å². The van der Waals surface area contributed by atoms with Crippen LogP contribution in [0.3, 0.4) is 0 Å². The molecule has 1 saturated heterocycles. The summed E-state index contributed by atoms with van der Waals surface area (Å²) < 4.78 is 13.2. The summed E-state index contributed by atoms with van der Waals surface area (Å²) in [6.45, 7) is 2.04. The second kappa shape index (κ2) is 6.46. The van der Waals surface area contributed by atoms with Gasteiger partial charge in [0.25, 0.3) is 0 Å². The Hall–Kier alpha value is -2.65. The van der Waals surface area contributed by atoms with E-state index in [1.165, 1.54) is 31.4 Å². The van der Waals surface area contributed by atoms with Crippen molar-refractivity contribution in [1.82, 2.24) is 9.91 Å². The Labute approximate surface area is 141 Å². The second-order valence-corrected chi connectivity index (χ2v) is 6.07. The number of aliphatic imine (C=N–C) groups is 1. The van der Waals surface area contributed by atoms with Gasteiger partial charge < -0.3 is 4.90 Å². The largest absolute Gasteiger partial charge is 0.356 e. The molecule has 0 atom stereocenters. The lowest BCUT2D eigenvalue weighted by Gasteiger charge is -2.36. The molecular formula is C19H19FN4. The van der Waals surface area contributed by atoms with E-state index in [-0.39, 0.29) is 5.82 Å². The van der Waals surface area contributed by atoms with Crippen molar-refractivity contribution >= 4 is 11.9 Å². The van der Waals surface area contributed by atoms with Crippen LogP contribution < -0.4 is 0 Å². The number of halogens is 1. The van der Waals surface area contributed by atoms with E-state index < -0.39 is 0 Å². The van der Waals surface area contributed by atoms with Crippen LogP contribution in [0.1, 0.15) is 31.2 Å². The third-order valence-corrected chi connectivity index (χ3v) is 4.38. The Kier molecular flexibility index (Phi) is 4.01. The summed E-state index contributed by atoms with van der Waals surface area (Å²) in [6.07, 6.45) is 10.2. The van der Waals surface area contributed by atoms with Gasteiger partial charge >= 0.3 is 0 Å². The van der Waals surface area contributed by atoms with Gasteiger partial charge in [-0.3, -0.25) is 0 Å². The van der Waals surface area contributed by atoms with Crippen LogP contribution in [-0.2, 0) is 0 Å². The number of hydrazone groups is 1. The Morgan fingerprint density at radius 1 is 1.04 bits per heavy atom. The molecule has 0 saturated carbocycles. The van der Waals surface area contributed by atoms with Crippen LogP contribution in [0.2, 0.25) is 0 Å². The third kappa shape index (κ3) is 2.91. The molecule has 1 aromatic rings. The van der Waals surface area contributed by atoms with Crippen LogP contribution in [0.25, 0.3) is 0 Å². The molecule has 4 nitrogen and oxygen atoms in total. The SMILES string of the molecule is Fc1ccc(C2=NC3=C=CCC=NN3C(N3CCCCC3)=C2)cc1. The number of rotatable bonds is 2. The van der Waals surface area contributed by atoms with E-state index in [4.69, 9.17) is 0 Å². The average Bonchev–Trinajstić information content (AvgIpc) is 2.87. The molecule has 4 rings (SSSR count). The van der Waals surface area contributed by atoms with Crippen molar-refractivity contribution in [1.29, 1.82) is 0 Å². The molecule has 3 aliphatic heterocycles. The smallest absolute Gasteiger partial charge is 0.200 e. The van der Waals surface area contributed by atoms with Crippen molar-refractivity contribution in [2.24, 2.45) is 10.1 Å². The first-order valence-electron chi connectivity index (χ1n) is 8.40. The standard InChI is InChI=1S/C19H19FN4/c20-16-9-7-15(8-10-16)17-14-19(23-12-4-1-5-13-23)24-18(22-17)6-2-3-11-21-24/h2,7-11,14H,1,3-5,12-13H2. The van der Waals surface area contributed by atoms with Crippen LogP contribution in [0.4, 0.5) is 4.39 Å². The van der Waals surface area contributed by atoms with Gasteiger partial charge in [-0.15, -0.1) is 0 Å². The van der Waals surface area contributed by atoms with Crippen molar-refractivity contribution in [2.75, 3.05) is 13.1 Å². The van der Waals surface area contributed by atoms with E-state index >= 15 is 0 Å². The van der Waals surface area contributed by atoms with E-state index in [0.29, 0.717) is 5.82 Å². The average molecular weight is 322 g/mol. The van der Waals surface area contributed by atoms with Crippen LogP contribution in [-0.4, -0.2) is 34.9 Å². The number of hydrogen-bond donors (Lipinski definition) is 0. The number of fused-ring (bicyclic) bond motifs is 1. The van der Waals surface area contributed by atoms with Gasteiger partial charge in [0.05, 0.1) is 5.71 Å². The zero-order valence-corrected chi connectivity index (χ0v) is 13.5. The number of benzene rings is 1. The minimum Gasteiger partial charge on any atom is -0.356 e. The van der Waals surface area contributed by atoms with Crippen molar-refractivity contribution in [3.8, 4) is 0 Å². The molecular weight excluding hydrogens is 303 g/mol. The lowest BCUT2D eigenvalue weighted by Crippen LogP contribution is -2.38. The van der Waals surface area contributed by atoms with Gasteiger partial charge in [-0.25, -0.2) is 9.38 Å². The molecule has 0 spiro atoms. The summed E-state index contributed by atoms with van der Waals surface area (Å²) in [5.41, 5.74) is 4.94. The molecule has 24 heavy (non-hydrogen) atoms. The van der Waals surface area contributed by atoms with Crippen molar-refractivity contribution in [3.63, 3.8) is 0 Å². The maximum atomic E-state index is 13.2. The predicted molar refractivity (Wildman–Crippen MR) is 93.0 cm³/mol. The van der Waals surface area contributed by atoms with Gasteiger partial charge in [0.15, 0.2) is 5.82 Å². The molecule has 1 aromatic carbocycles. The highest BCUT2D eigenvalue weighted by atomic mass is 19.1. The fraction of sp³-hybridized carbons (Fsp3) is 0.316. The number of likely N-dealkylation sites (tertiary alicyclic amines) is 1. The topological polar surface area (TPSA) is 31.2 Å². The highest BCUT2D eigenvalue weighted by Crippen LogP contribution is 2.27. The zero-order chi connectivity index (χ0) is 16.4. The van der Waals surface area contributed by atoms with Crippen LogP contribution in [0, 0.1) is 5.82 Å². The number of nitrogens with zero attached hydrogens (tertiary/aromatic N) is 4. The van der Waals surface area contributed by atoms with E-state index in [1.807, 2.05) is 23.4 Å². The Balaban J connectivity index is 1.78. The van der Waals surface area contributed by atoms with Gasteiger partial charge in [0.2, 0.25) is 0 Å². The van der Waals surface area contributed by atoms with E-state index in [1.54, 1.807) is 12.1 Å². The molecule has 0 aromatic heterocycles. The highest BCUT2D eigenvalue weighted by Gasteiger charge is 2.26. The molecule has 122 valence electrons. The molecule has 0 aliphatic carbocycles. The van der Waals surface area contributed by atoms with Crippen molar-refractivity contribution < 1.29 is 4.39 Å². The number of allylic oxidation sites excluding steroid dienone is 2. The molecule has 3 heterocycles. The first kappa shape index (κ1) is 14.9. The Bertz CT molecular complexity index is 776. The fourth-order valence-electron chi connectivity index (χ4n) is 3.14. The van der Waals surface area contributed by atoms with Gasteiger partial charge in [0, 0.05) is 37.4 Å².